The van der Waals surface area contributed by atoms with Crippen molar-refractivity contribution in [1.82, 2.24) is 4.57 Å². The van der Waals surface area contributed by atoms with Gasteiger partial charge in [0.25, 0.3) is 0 Å². The molecule has 0 spiro atoms. The van der Waals surface area contributed by atoms with Gasteiger partial charge in [0.2, 0.25) is 0 Å². The summed E-state index contributed by atoms with van der Waals surface area (Å²) in [5.74, 6) is 0. The molecule has 102 valence electrons. The van der Waals surface area contributed by atoms with Crippen LogP contribution in [0.25, 0.3) is 10.9 Å². The van der Waals surface area contributed by atoms with E-state index in [-0.39, 0.29) is 0 Å². The minimum absolute atomic E-state index is 1.04. The van der Waals surface area contributed by atoms with E-state index in [1.54, 1.807) is 0 Å². The smallest absolute Gasteiger partial charge is 0.0807 e. The molecule has 0 amide bonds. The molecule has 0 bridgehead atoms. The molecule has 2 aromatic carbocycles. The average Bonchev–Trinajstić information content (AvgIpc) is 2.83. The van der Waals surface area contributed by atoms with Gasteiger partial charge in [-0.2, -0.15) is 0 Å². The molecule has 0 fully saturated rings. The summed E-state index contributed by atoms with van der Waals surface area (Å²) in [6.45, 7) is 1.05. The van der Waals surface area contributed by atoms with E-state index in [4.69, 9.17) is 0 Å². The second-order valence-corrected chi connectivity index (χ2v) is 6.54. The number of fused-ring (bicyclic) bond motifs is 1. The van der Waals surface area contributed by atoms with Crippen molar-refractivity contribution in [1.29, 1.82) is 0 Å². The van der Waals surface area contributed by atoms with Gasteiger partial charge in [-0.1, -0.05) is 64.1 Å². The fraction of sp³-hybridized carbons (Fsp3) is 0.176. The number of rotatable bonds is 5. The molecular formula is C17H16BrNS. The van der Waals surface area contributed by atoms with E-state index in [0.29, 0.717) is 0 Å². The molecule has 0 saturated heterocycles. The number of alkyl halides is 1. The Labute approximate surface area is 132 Å². The Hall–Kier alpha value is -1.19. The lowest BCUT2D eigenvalue weighted by Crippen LogP contribution is -1.99. The summed E-state index contributed by atoms with van der Waals surface area (Å²) in [5, 5.41) is 3.67. The van der Waals surface area contributed by atoms with Crippen molar-refractivity contribution in [3.8, 4) is 0 Å². The van der Waals surface area contributed by atoms with E-state index in [0.717, 1.165) is 18.3 Å². The third-order valence-corrected chi connectivity index (χ3v) is 4.87. The first-order chi connectivity index (χ1) is 9.88. The van der Waals surface area contributed by atoms with Crippen molar-refractivity contribution in [2.75, 3.05) is 5.33 Å². The van der Waals surface area contributed by atoms with Gasteiger partial charge in [-0.05, 0) is 30.7 Å². The molecule has 0 unspecified atom stereocenters. The van der Waals surface area contributed by atoms with Crippen molar-refractivity contribution in [2.24, 2.45) is 0 Å². The molecule has 0 aliphatic rings. The Bertz CT molecular complexity index is 691. The van der Waals surface area contributed by atoms with Crippen LogP contribution in [-0.2, 0) is 6.54 Å². The van der Waals surface area contributed by atoms with Gasteiger partial charge in [0, 0.05) is 27.7 Å². The average molecular weight is 346 g/mol. The van der Waals surface area contributed by atoms with Gasteiger partial charge < -0.3 is 4.57 Å². The molecule has 1 nitrogen and oxygen atoms in total. The van der Waals surface area contributed by atoms with Crippen LogP contribution >= 0.6 is 27.7 Å². The van der Waals surface area contributed by atoms with Crippen LogP contribution in [-0.4, -0.2) is 9.90 Å². The Morgan fingerprint density at radius 2 is 1.70 bits per heavy atom. The maximum absolute atomic E-state index is 3.53. The first-order valence-electron chi connectivity index (χ1n) is 6.75. The molecular weight excluding hydrogens is 330 g/mol. The first kappa shape index (κ1) is 13.8. The number of halogens is 1. The van der Waals surface area contributed by atoms with Crippen LogP contribution in [0.4, 0.5) is 0 Å². The van der Waals surface area contributed by atoms with Crippen molar-refractivity contribution in [3.05, 3.63) is 60.7 Å². The third kappa shape index (κ3) is 2.94. The first-order valence-corrected chi connectivity index (χ1v) is 8.69. The highest BCUT2D eigenvalue weighted by Gasteiger charge is 2.09. The van der Waals surface area contributed by atoms with Crippen molar-refractivity contribution >= 4 is 38.6 Å². The molecule has 1 aromatic heterocycles. The quantitative estimate of drug-likeness (QED) is 0.546. The van der Waals surface area contributed by atoms with E-state index in [1.165, 1.54) is 20.8 Å². The van der Waals surface area contributed by atoms with Gasteiger partial charge >= 0.3 is 0 Å². The van der Waals surface area contributed by atoms with E-state index < -0.39 is 0 Å². The second-order valence-electron chi connectivity index (χ2n) is 4.65. The van der Waals surface area contributed by atoms with Crippen LogP contribution in [0, 0.1) is 0 Å². The maximum Gasteiger partial charge on any atom is 0.0807 e. The number of nitrogens with zero attached hydrogens (tertiary/aromatic N) is 1. The fourth-order valence-corrected chi connectivity index (χ4v) is 3.60. The highest BCUT2D eigenvalue weighted by atomic mass is 79.9. The molecule has 0 aliphatic heterocycles. The minimum atomic E-state index is 1.04. The molecule has 3 aromatic rings. The van der Waals surface area contributed by atoms with Gasteiger partial charge in [-0.15, -0.1) is 0 Å². The molecule has 20 heavy (non-hydrogen) atoms. The predicted octanol–water partition coefficient (Wildman–Crippen LogP) is 5.58. The SMILES string of the molecule is BrCCCn1c(Sc2ccccc2)cc2ccccc21. The van der Waals surface area contributed by atoms with E-state index in [1.807, 2.05) is 11.8 Å². The molecule has 0 radical (unpaired) electrons. The number of para-hydroxylation sites is 1. The van der Waals surface area contributed by atoms with Gasteiger partial charge in [-0.3, -0.25) is 0 Å². The molecule has 0 N–H and O–H groups in total. The van der Waals surface area contributed by atoms with Gasteiger partial charge in [-0.25, -0.2) is 0 Å². The Balaban J connectivity index is 2.00. The summed E-state index contributed by atoms with van der Waals surface area (Å²) in [4.78, 5) is 1.29. The maximum atomic E-state index is 3.53. The molecule has 0 aliphatic carbocycles. The topological polar surface area (TPSA) is 4.93 Å². The zero-order valence-electron chi connectivity index (χ0n) is 11.1. The van der Waals surface area contributed by atoms with E-state index >= 15 is 0 Å². The van der Waals surface area contributed by atoms with Crippen molar-refractivity contribution in [2.45, 2.75) is 22.9 Å². The molecule has 3 rings (SSSR count). The molecule has 0 atom stereocenters. The van der Waals surface area contributed by atoms with Crippen LogP contribution in [0.15, 0.2) is 70.6 Å². The normalized spacial score (nSPS) is 11.1. The monoisotopic (exact) mass is 345 g/mol. The number of benzene rings is 2. The Morgan fingerprint density at radius 1 is 0.950 bits per heavy atom. The van der Waals surface area contributed by atoms with Crippen LogP contribution in [0.1, 0.15) is 6.42 Å². The third-order valence-electron chi connectivity index (χ3n) is 3.25. The zero-order chi connectivity index (χ0) is 13.8. The standard InChI is InChI=1S/C17H16BrNS/c18-11-6-12-19-16-10-5-4-7-14(16)13-17(19)20-15-8-2-1-3-9-15/h1-5,7-10,13H,6,11-12H2. The summed E-state index contributed by atoms with van der Waals surface area (Å²) < 4.78 is 2.42. The number of hydrogen-bond donors (Lipinski definition) is 0. The Kier molecular flexibility index (Phi) is 4.48. The zero-order valence-corrected chi connectivity index (χ0v) is 13.5. The highest BCUT2D eigenvalue weighted by Crippen LogP contribution is 2.32. The summed E-state index contributed by atoms with van der Waals surface area (Å²) in [5.41, 5.74) is 1.33. The van der Waals surface area contributed by atoms with Crippen LogP contribution in [0.2, 0.25) is 0 Å². The van der Waals surface area contributed by atoms with Crippen LogP contribution in [0.3, 0.4) is 0 Å². The number of hydrogen-bond acceptors (Lipinski definition) is 1. The fourth-order valence-electron chi connectivity index (χ4n) is 2.33. The summed E-state index contributed by atoms with van der Waals surface area (Å²) in [7, 11) is 0. The van der Waals surface area contributed by atoms with Gasteiger partial charge in [0.1, 0.15) is 0 Å². The molecule has 0 saturated carbocycles. The van der Waals surface area contributed by atoms with Gasteiger partial charge in [0.15, 0.2) is 0 Å². The lowest BCUT2D eigenvalue weighted by atomic mass is 10.2. The highest BCUT2D eigenvalue weighted by molar-refractivity contribution is 9.09. The van der Waals surface area contributed by atoms with Crippen molar-refractivity contribution < 1.29 is 0 Å². The van der Waals surface area contributed by atoms with E-state index in [2.05, 4.69) is 81.2 Å². The second kappa shape index (κ2) is 6.51. The lowest BCUT2D eigenvalue weighted by molar-refractivity contribution is 0.662. The van der Waals surface area contributed by atoms with Crippen LogP contribution in [0.5, 0.6) is 0 Å². The predicted molar refractivity (Wildman–Crippen MR) is 90.9 cm³/mol. The molecule has 1 heterocycles. The summed E-state index contributed by atoms with van der Waals surface area (Å²) in [6.07, 6.45) is 1.14. The lowest BCUT2D eigenvalue weighted by Gasteiger charge is -2.09. The number of aromatic nitrogens is 1. The Morgan fingerprint density at radius 3 is 2.50 bits per heavy atom. The largest absolute Gasteiger partial charge is 0.335 e. The van der Waals surface area contributed by atoms with E-state index in [9.17, 15) is 0 Å². The summed E-state index contributed by atoms with van der Waals surface area (Å²) >= 11 is 5.37. The molecule has 3 heteroatoms. The van der Waals surface area contributed by atoms with Crippen molar-refractivity contribution in [3.63, 3.8) is 0 Å². The minimum Gasteiger partial charge on any atom is -0.335 e. The summed E-state index contributed by atoms with van der Waals surface area (Å²) in [6, 6.07) is 21.5. The van der Waals surface area contributed by atoms with Gasteiger partial charge in [0.05, 0.1) is 5.03 Å². The van der Waals surface area contributed by atoms with Crippen LogP contribution < -0.4 is 0 Å². The number of aryl methyl sites for hydroxylation is 1.